The van der Waals surface area contributed by atoms with Crippen molar-refractivity contribution in [2.45, 2.75) is 57.5 Å². The highest BCUT2D eigenvalue weighted by atomic mass is 16.2. The van der Waals surface area contributed by atoms with Crippen molar-refractivity contribution in [2.75, 3.05) is 0 Å². The third kappa shape index (κ3) is 3.21. The first kappa shape index (κ1) is 15.0. The highest BCUT2D eigenvalue weighted by Gasteiger charge is 2.34. The summed E-state index contributed by atoms with van der Waals surface area (Å²) >= 11 is 0. The van der Waals surface area contributed by atoms with Crippen LogP contribution in [0.2, 0.25) is 0 Å². The van der Waals surface area contributed by atoms with E-state index in [0.29, 0.717) is 5.92 Å². The normalized spacial score (nSPS) is 25.8. The molecule has 110 valence electrons. The SMILES string of the molecule is CCC1CCCCC1NC(=O)C(C)(N)c1ccccc1. The van der Waals surface area contributed by atoms with Gasteiger partial charge in [0.1, 0.15) is 5.54 Å². The number of amides is 1. The number of nitrogens with two attached hydrogens (primary N) is 1. The van der Waals surface area contributed by atoms with Gasteiger partial charge in [-0.3, -0.25) is 4.79 Å². The van der Waals surface area contributed by atoms with Gasteiger partial charge in [-0.15, -0.1) is 0 Å². The molecule has 3 N–H and O–H groups in total. The first-order valence-corrected chi connectivity index (χ1v) is 7.71. The molecule has 3 nitrogen and oxygen atoms in total. The molecule has 1 saturated carbocycles. The Morgan fingerprint density at radius 2 is 1.95 bits per heavy atom. The van der Waals surface area contributed by atoms with Crippen molar-refractivity contribution in [3.05, 3.63) is 35.9 Å². The van der Waals surface area contributed by atoms with Gasteiger partial charge in [0.15, 0.2) is 0 Å². The summed E-state index contributed by atoms with van der Waals surface area (Å²) in [7, 11) is 0. The highest BCUT2D eigenvalue weighted by molar-refractivity contribution is 5.87. The maximum absolute atomic E-state index is 12.6. The molecule has 1 aliphatic rings. The molecular weight excluding hydrogens is 248 g/mol. The Kier molecular flexibility index (Phi) is 4.81. The van der Waals surface area contributed by atoms with Gasteiger partial charge in [0.2, 0.25) is 5.91 Å². The van der Waals surface area contributed by atoms with Crippen LogP contribution in [0, 0.1) is 5.92 Å². The molecule has 0 bridgehead atoms. The number of hydrogen-bond donors (Lipinski definition) is 2. The van der Waals surface area contributed by atoms with Crippen LogP contribution in [0.1, 0.15) is 51.5 Å². The zero-order valence-electron chi connectivity index (χ0n) is 12.6. The third-order valence-electron chi connectivity index (χ3n) is 4.60. The van der Waals surface area contributed by atoms with E-state index in [-0.39, 0.29) is 11.9 Å². The monoisotopic (exact) mass is 274 g/mol. The third-order valence-corrected chi connectivity index (χ3v) is 4.60. The van der Waals surface area contributed by atoms with Crippen molar-refractivity contribution in [2.24, 2.45) is 11.7 Å². The van der Waals surface area contributed by atoms with Gasteiger partial charge in [0, 0.05) is 6.04 Å². The van der Waals surface area contributed by atoms with Crippen molar-refractivity contribution in [3.8, 4) is 0 Å². The van der Waals surface area contributed by atoms with E-state index in [1.807, 2.05) is 30.3 Å². The number of hydrogen-bond acceptors (Lipinski definition) is 2. The van der Waals surface area contributed by atoms with Crippen molar-refractivity contribution < 1.29 is 4.79 Å². The number of nitrogens with one attached hydrogen (secondary N) is 1. The van der Waals surface area contributed by atoms with E-state index in [1.165, 1.54) is 19.3 Å². The zero-order chi connectivity index (χ0) is 14.6. The molecule has 2 rings (SSSR count). The molecule has 3 heteroatoms. The molecule has 1 aliphatic carbocycles. The maximum Gasteiger partial charge on any atom is 0.244 e. The molecule has 1 amide bonds. The van der Waals surface area contributed by atoms with Crippen LogP contribution in [-0.4, -0.2) is 11.9 Å². The van der Waals surface area contributed by atoms with Crippen LogP contribution in [-0.2, 0) is 10.3 Å². The summed E-state index contributed by atoms with van der Waals surface area (Å²) in [5, 5.41) is 3.19. The Bertz CT molecular complexity index is 442. The van der Waals surface area contributed by atoms with E-state index in [2.05, 4.69) is 12.2 Å². The maximum atomic E-state index is 12.6. The van der Waals surface area contributed by atoms with E-state index >= 15 is 0 Å². The van der Waals surface area contributed by atoms with Crippen LogP contribution in [0.4, 0.5) is 0 Å². The van der Waals surface area contributed by atoms with Crippen molar-refractivity contribution in [1.29, 1.82) is 0 Å². The van der Waals surface area contributed by atoms with Gasteiger partial charge in [0.05, 0.1) is 0 Å². The lowest BCUT2D eigenvalue weighted by molar-refractivity contribution is -0.127. The molecular formula is C17H26N2O. The summed E-state index contributed by atoms with van der Waals surface area (Å²) in [6, 6.07) is 9.89. The predicted molar refractivity (Wildman–Crippen MR) is 82.2 cm³/mol. The average Bonchev–Trinajstić information content (AvgIpc) is 2.48. The second-order valence-electron chi connectivity index (χ2n) is 6.10. The first-order chi connectivity index (χ1) is 9.55. The van der Waals surface area contributed by atoms with E-state index in [4.69, 9.17) is 5.73 Å². The molecule has 3 atom stereocenters. The van der Waals surface area contributed by atoms with E-state index in [0.717, 1.165) is 18.4 Å². The standard InChI is InChI=1S/C17H26N2O/c1-3-13-9-7-8-12-15(13)19-16(20)17(2,18)14-10-5-4-6-11-14/h4-6,10-11,13,15H,3,7-9,12,18H2,1-2H3,(H,19,20). The topological polar surface area (TPSA) is 55.1 Å². The Hall–Kier alpha value is -1.35. The summed E-state index contributed by atoms with van der Waals surface area (Å²) in [4.78, 5) is 12.6. The molecule has 0 saturated heterocycles. The minimum absolute atomic E-state index is 0.0611. The van der Waals surface area contributed by atoms with Gasteiger partial charge >= 0.3 is 0 Å². The van der Waals surface area contributed by atoms with Crippen LogP contribution >= 0.6 is 0 Å². The predicted octanol–water partition coefficient (Wildman–Crippen LogP) is 2.95. The lowest BCUT2D eigenvalue weighted by atomic mass is 9.82. The molecule has 1 fully saturated rings. The van der Waals surface area contributed by atoms with Crippen LogP contribution in [0.3, 0.4) is 0 Å². The Morgan fingerprint density at radius 1 is 1.30 bits per heavy atom. The second-order valence-corrected chi connectivity index (χ2v) is 6.10. The molecule has 0 aromatic heterocycles. The Balaban J connectivity index is 2.07. The van der Waals surface area contributed by atoms with Crippen molar-refractivity contribution in [1.82, 2.24) is 5.32 Å². The number of benzene rings is 1. The van der Waals surface area contributed by atoms with Crippen molar-refractivity contribution in [3.63, 3.8) is 0 Å². The van der Waals surface area contributed by atoms with Crippen LogP contribution in [0.15, 0.2) is 30.3 Å². The number of carbonyl (C=O) groups is 1. The molecule has 3 unspecified atom stereocenters. The minimum atomic E-state index is -0.961. The fourth-order valence-electron chi connectivity index (χ4n) is 3.12. The Morgan fingerprint density at radius 3 is 2.60 bits per heavy atom. The second kappa shape index (κ2) is 6.40. The van der Waals surface area contributed by atoms with E-state index in [1.54, 1.807) is 6.92 Å². The van der Waals surface area contributed by atoms with Gasteiger partial charge in [-0.1, -0.05) is 56.5 Å². The van der Waals surface area contributed by atoms with E-state index < -0.39 is 5.54 Å². The summed E-state index contributed by atoms with van der Waals surface area (Å²) < 4.78 is 0. The molecule has 0 aliphatic heterocycles. The molecule has 1 aromatic carbocycles. The number of rotatable bonds is 4. The average molecular weight is 274 g/mol. The van der Waals surface area contributed by atoms with Crippen LogP contribution in [0.5, 0.6) is 0 Å². The summed E-state index contributed by atoms with van der Waals surface area (Å²) in [5.74, 6) is 0.535. The molecule has 0 heterocycles. The number of carbonyl (C=O) groups excluding carboxylic acids is 1. The summed E-state index contributed by atoms with van der Waals surface area (Å²) in [5.41, 5.74) is 6.17. The fraction of sp³-hybridized carbons (Fsp3) is 0.588. The van der Waals surface area contributed by atoms with Crippen LogP contribution in [0.25, 0.3) is 0 Å². The largest absolute Gasteiger partial charge is 0.351 e. The van der Waals surface area contributed by atoms with Gasteiger partial charge in [-0.05, 0) is 31.2 Å². The lowest BCUT2D eigenvalue weighted by Gasteiger charge is -2.34. The summed E-state index contributed by atoms with van der Waals surface area (Å²) in [6.45, 7) is 4.00. The zero-order valence-corrected chi connectivity index (χ0v) is 12.6. The minimum Gasteiger partial charge on any atom is -0.351 e. The quantitative estimate of drug-likeness (QED) is 0.887. The van der Waals surface area contributed by atoms with Crippen molar-refractivity contribution >= 4 is 5.91 Å². The smallest absolute Gasteiger partial charge is 0.244 e. The highest BCUT2D eigenvalue weighted by Crippen LogP contribution is 2.28. The molecule has 20 heavy (non-hydrogen) atoms. The fourth-order valence-corrected chi connectivity index (χ4v) is 3.12. The van der Waals surface area contributed by atoms with Gasteiger partial charge in [0.25, 0.3) is 0 Å². The Labute approximate surface area is 121 Å². The van der Waals surface area contributed by atoms with Crippen LogP contribution < -0.4 is 11.1 Å². The van der Waals surface area contributed by atoms with Gasteiger partial charge in [-0.2, -0.15) is 0 Å². The van der Waals surface area contributed by atoms with Gasteiger partial charge in [-0.25, -0.2) is 0 Å². The molecule has 0 spiro atoms. The first-order valence-electron chi connectivity index (χ1n) is 7.71. The molecule has 1 aromatic rings. The molecule has 0 radical (unpaired) electrons. The van der Waals surface area contributed by atoms with E-state index in [9.17, 15) is 4.79 Å². The van der Waals surface area contributed by atoms with Gasteiger partial charge < -0.3 is 11.1 Å². The summed E-state index contributed by atoms with van der Waals surface area (Å²) in [6.07, 6.45) is 5.90. The lowest BCUT2D eigenvalue weighted by Crippen LogP contribution is -2.54.